The van der Waals surface area contributed by atoms with E-state index in [0.717, 1.165) is 55.6 Å². The number of rotatable bonds is 7. The highest BCUT2D eigenvalue weighted by molar-refractivity contribution is 6.23. The van der Waals surface area contributed by atoms with Gasteiger partial charge in [-0.1, -0.05) is 176 Å². The topological polar surface area (TPSA) is 21.3 Å². The zero-order valence-corrected chi connectivity index (χ0v) is 35.4. The molecule has 0 N–H and O–H groups in total. The van der Waals surface area contributed by atoms with Gasteiger partial charge in [0.2, 0.25) is 0 Å². The Labute approximate surface area is 376 Å². The molecule has 65 heavy (non-hydrogen) atoms. The van der Waals surface area contributed by atoms with Crippen molar-refractivity contribution in [3.8, 4) is 39.1 Å². The summed E-state index contributed by atoms with van der Waals surface area (Å²) in [5, 5.41) is 9.61. The molecule has 0 bridgehead atoms. The molecular formula is C62H40N2O. The first-order valence-electron chi connectivity index (χ1n) is 22.2. The van der Waals surface area contributed by atoms with Crippen molar-refractivity contribution in [2.45, 2.75) is 0 Å². The number of para-hydroxylation sites is 3. The Morgan fingerprint density at radius 3 is 1.38 bits per heavy atom. The van der Waals surface area contributed by atoms with Crippen molar-refractivity contribution in [1.29, 1.82) is 0 Å². The van der Waals surface area contributed by atoms with Crippen LogP contribution < -0.4 is 4.90 Å². The molecule has 0 aliphatic carbocycles. The highest BCUT2D eigenvalue weighted by Gasteiger charge is 2.22. The molecule has 11 aromatic carbocycles. The number of fused-ring (bicyclic) bond motifs is 9. The molecule has 0 spiro atoms. The largest absolute Gasteiger partial charge is 0.454 e. The van der Waals surface area contributed by atoms with Crippen molar-refractivity contribution in [1.82, 2.24) is 4.57 Å². The third-order valence-corrected chi connectivity index (χ3v) is 13.2. The van der Waals surface area contributed by atoms with E-state index >= 15 is 0 Å². The molecule has 2 aromatic heterocycles. The van der Waals surface area contributed by atoms with Gasteiger partial charge in [-0.2, -0.15) is 0 Å². The average Bonchev–Trinajstić information content (AvgIpc) is 3.94. The van der Waals surface area contributed by atoms with Gasteiger partial charge in [0.1, 0.15) is 5.58 Å². The van der Waals surface area contributed by atoms with Crippen LogP contribution in [0.25, 0.3) is 104 Å². The summed E-state index contributed by atoms with van der Waals surface area (Å²) in [4.78, 5) is 2.34. The molecule has 0 radical (unpaired) electrons. The molecular weight excluding hydrogens is 789 g/mol. The molecule has 0 atom stereocenters. The normalized spacial score (nSPS) is 11.7. The van der Waals surface area contributed by atoms with E-state index in [9.17, 15) is 0 Å². The van der Waals surface area contributed by atoms with Crippen LogP contribution in [0.5, 0.6) is 0 Å². The van der Waals surface area contributed by atoms with Gasteiger partial charge in [0.25, 0.3) is 0 Å². The summed E-state index contributed by atoms with van der Waals surface area (Å²) in [5.74, 6) is 0. The summed E-state index contributed by atoms with van der Waals surface area (Å²) in [6, 6.07) is 87.6. The summed E-state index contributed by atoms with van der Waals surface area (Å²) in [7, 11) is 0. The Morgan fingerprint density at radius 1 is 0.323 bits per heavy atom. The maximum absolute atomic E-state index is 6.81. The predicted octanol–water partition coefficient (Wildman–Crippen LogP) is 17.5. The third-order valence-electron chi connectivity index (χ3n) is 13.2. The Morgan fingerprint density at radius 2 is 0.769 bits per heavy atom. The molecule has 304 valence electrons. The van der Waals surface area contributed by atoms with Gasteiger partial charge >= 0.3 is 0 Å². The van der Waals surface area contributed by atoms with Crippen LogP contribution >= 0.6 is 0 Å². The summed E-state index contributed by atoms with van der Waals surface area (Å²) in [5.41, 5.74) is 15.5. The minimum absolute atomic E-state index is 0.867. The molecule has 0 aliphatic rings. The van der Waals surface area contributed by atoms with Gasteiger partial charge in [-0.15, -0.1) is 0 Å². The molecule has 3 nitrogen and oxygen atoms in total. The van der Waals surface area contributed by atoms with Crippen LogP contribution in [-0.4, -0.2) is 4.57 Å². The van der Waals surface area contributed by atoms with Crippen LogP contribution in [-0.2, 0) is 0 Å². The minimum atomic E-state index is 0.867. The third kappa shape index (κ3) is 6.20. The summed E-state index contributed by atoms with van der Waals surface area (Å²) < 4.78 is 9.17. The maximum Gasteiger partial charge on any atom is 0.160 e. The lowest BCUT2D eigenvalue weighted by atomic mass is 9.99. The Bertz CT molecular complexity index is 3860. The molecule has 0 amide bonds. The predicted molar refractivity (Wildman–Crippen MR) is 274 cm³/mol. The summed E-state index contributed by atoms with van der Waals surface area (Å²) in [6.45, 7) is 0. The van der Waals surface area contributed by atoms with E-state index in [2.05, 4.69) is 246 Å². The molecule has 2 heterocycles. The molecule has 13 aromatic rings. The average molecular weight is 829 g/mol. The highest BCUT2D eigenvalue weighted by Crippen LogP contribution is 2.46. The zero-order chi connectivity index (χ0) is 42.8. The van der Waals surface area contributed by atoms with Crippen molar-refractivity contribution in [2.75, 3.05) is 4.90 Å². The first kappa shape index (κ1) is 36.9. The van der Waals surface area contributed by atoms with Gasteiger partial charge in [0, 0.05) is 38.6 Å². The number of furan rings is 1. The molecule has 0 saturated carbocycles. The number of hydrogen-bond acceptors (Lipinski definition) is 2. The van der Waals surface area contributed by atoms with Crippen molar-refractivity contribution in [3.63, 3.8) is 0 Å². The van der Waals surface area contributed by atoms with E-state index in [4.69, 9.17) is 4.42 Å². The van der Waals surface area contributed by atoms with Crippen LogP contribution in [0.3, 0.4) is 0 Å². The fourth-order valence-electron chi connectivity index (χ4n) is 9.98. The zero-order valence-electron chi connectivity index (χ0n) is 35.4. The van der Waals surface area contributed by atoms with E-state index in [0.29, 0.717) is 0 Å². The minimum Gasteiger partial charge on any atom is -0.454 e. The van der Waals surface area contributed by atoms with Crippen molar-refractivity contribution >= 4 is 82.4 Å². The van der Waals surface area contributed by atoms with Gasteiger partial charge in [0.05, 0.1) is 16.7 Å². The van der Waals surface area contributed by atoms with E-state index in [1.165, 1.54) is 65.8 Å². The molecule has 13 rings (SSSR count). The second-order valence-corrected chi connectivity index (χ2v) is 16.9. The molecule has 0 saturated heterocycles. The lowest BCUT2D eigenvalue weighted by Crippen LogP contribution is -2.10. The Kier molecular flexibility index (Phi) is 8.53. The highest BCUT2D eigenvalue weighted by atomic mass is 16.3. The first-order chi connectivity index (χ1) is 32.2. The van der Waals surface area contributed by atoms with Crippen LogP contribution in [0.1, 0.15) is 0 Å². The summed E-state index contributed by atoms with van der Waals surface area (Å²) in [6.07, 6.45) is 0. The number of anilines is 3. The fourth-order valence-corrected chi connectivity index (χ4v) is 9.98. The number of nitrogens with zero attached hydrogens (tertiary/aromatic N) is 2. The summed E-state index contributed by atoms with van der Waals surface area (Å²) >= 11 is 0. The standard InChI is InChI=1S/C62H40N2O/c1-2-12-47-39-48(26-25-41(47)11-1)46-31-35-51(36-32-46)63(59-40-49-13-3-4-14-53(49)61-56-17-7-10-20-60(56)65-62(59)61)50-33-27-44(28-34-50)42-21-23-43(24-22-42)45-29-37-52(38-30-45)64-57-18-8-5-15-54(57)55-16-6-9-19-58(55)64/h1-40H. The van der Waals surface area contributed by atoms with Gasteiger partial charge in [0.15, 0.2) is 5.58 Å². The van der Waals surface area contributed by atoms with Crippen LogP contribution in [0.15, 0.2) is 247 Å². The van der Waals surface area contributed by atoms with E-state index < -0.39 is 0 Å². The van der Waals surface area contributed by atoms with Crippen LogP contribution in [0.4, 0.5) is 17.1 Å². The molecule has 0 aliphatic heterocycles. The van der Waals surface area contributed by atoms with E-state index in [-0.39, 0.29) is 0 Å². The van der Waals surface area contributed by atoms with Gasteiger partial charge < -0.3 is 13.9 Å². The second kappa shape index (κ2) is 15.0. The number of benzene rings is 11. The first-order valence-corrected chi connectivity index (χ1v) is 22.2. The monoisotopic (exact) mass is 828 g/mol. The molecule has 0 fully saturated rings. The van der Waals surface area contributed by atoms with Gasteiger partial charge in [-0.3, -0.25) is 0 Å². The second-order valence-electron chi connectivity index (χ2n) is 16.9. The SMILES string of the molecule is c1ccc2cc(-c3ccc(N(c4ccc(-c5ccc(-c6ccc(-n7c8ccccc8c8ccccc87)cc6)cc5)cc4)c4cc5ccccc5c5c4oc4ccccc45)cc3)ccc2c1. The quantitative estimate of drug-likeness (QED) is 0.160. The number of hydrogen-bond donors (Lipinski definition) is 0. The van der Waals surface area contributed by atoms with Crippen molar-refractivity contribution in [2.24, 2.45) is 0 Å². The lowest BCUT2D eigenvalue weighted by Gasteiger charge is -2.26. The fraction of sp³-hybridized carbons (Fsp3) is 0. The molecule has 3 heteroatoms. The maximum atomic E-state index is 6.81. The Hall–Kier alpha value is -8.66. The van der Waals surface area contributed by atoms with Crippen molar-refractivity contribution < 1.29 is 4.42 Å². The van der Waals surface area contributed by atoms with Gasteiger partial charge in [-0.25, -0.2) is 0 Å². The molecule has 0 unspecified atom stereocenters. The van der Waals surface area contributed by atoms with E-state index in [1.807, 2.05) is 6.07 Å². The van der Waals surface area contributed by atoms with Crippen molar-refractivity contribution in [3.05, 3.63) is 243 Å². The Balaban J connectivity index is 0.861. The van der Waals surface area contributed by atoms with Crippen LogP contribution in [0, 0.1) is 0 Å². The van der Waals surface area contributed by atoms with Crippen LogP contribution in [0.2, 0.25) is 0 Å². The lowest BCUT2D eigenvalue weighted by molar-refractivity contribution is 0.669. The number of aromatic nitrogens is 1. The smallest absolute Gasteiger partial charge is 0.160 e. The van der Waals surface area contributed by atoms with E-state index in [1.54, 1.807) is 0 Å². The van der Waals surface area contributed by atoms with Gasteiger partial charge in [-0.05, 0) is 122 Å².